The van der Waals surface area contributed by atoms with Gasteiger partial charge in [0.25, 0.3) is 0 Å². The van der Waals surface area contributed by atoms with E-state index in [4.69, 9.17) is 0 Å². The largest absolute Gasteiger partial charge is 0.316 e. The van der Waals surface area contributed by atoms with E-state index in [1.807, 2.05) is 13.1 Å². The van der Waals surface area contributed by atoms with E-state index in [1.54, 1.807) is 12.1 Å². The molecule has 2 aliphatic carbocycles. The third-order valence-corrected chi connectivity index (χ3v) is 7.48. The summed E-state index contributed by atoms with van der Waals surface area (Å²) in [4.78, 5) is 0. The summed E-state index contributed by atoms with van der Waals surface area (Å²) >= 11 is 0. The molecule has 2 aromatic carbocycles. The molecular formula is C22H26F2N2O2S. The molecule has 0 amide bonds. The minimum atomic E-state index is -3.40. The summed E-state index contributed by atoms with van der Waals surface area (Å²) in [5.41, 5.74) is 3.17. The van der Waals surface area contributed by atoms with Crippen LogP contribution in [0.1, 0.15) is 41.0 Å². The van der Waals surface area contributed by atoms with Gasteiger partial charge in [0.15, 0.2) is 0 Å². The van der Waals surface area contributed by atoms with E-state index in [1.165, 1.54) is 18.2 Å². The molecule has 0 aromatic heterocycles. The molecule has 0 spiro atoms. The van der Waals surface area contributed by atoms with Crippen LogP contribution in [0.4, 0.5) is 8.78 Å². The van der Waals surface area contributed by atoms with Crippen molar-refractivity contribution in [3.63, 3.8) is 0 Å². The van der Waals surface area contributed by atoms with Crippen LogP contribution in [0, 0.1) is 17.6 Å². The fraction of sp³-hybridized carbons (Fsp3) is 0.455. The lowest BCUT2D eigenvalue weighted by Gasteiger charge is -2.20. The van der Waals surface area contributed by atoms with Crippen LogP contribution in [-0.4, -0.2) is 27.3 Å². The van der Waals surface area contributed by atoms with Gasteiger partial charge in [-0.05, 0) is 73.5 Å². The van der Waals surface area contributed by atoms with E-state index >= 15 is 0 Å². The van der Waals surface area contributed by atoms with E-state index in [9.17, 15) is 17.2 Å². The number of halogens is 2. The molecule has 2 aromatic rings. The van der Waals surface area contributed by atoms with Gasteiger partial charge in [-0.3, -0.25) is 0 Å². The van der Waals surface area contributed by atoms with Gasteiger partial charge in [0, 0.05) is 24.1 Å². The first kappa shape index (κ1) is 20.4. The van der Waals surface area contributed by atoms with Crippen LogP contribution in [0.25, 0.3) is 0 Å². The van der Waals surface area contributed by atoms with E-state index in [0.717, 1.165) is 29.5 Å². The molecule has 0 saturated heterocycles. The maximum atomic E-state index is 14.6. The first-order valence-electron chi connectivity index (χ1n) is 10.0. The number of rotatable bonds is 8. The van der Waals surface area contributed by atoms with E-state index < -0.39 is 10.0 Å². The van der Waals surface area contributed by atoms with Gasteiger partial charge in [0.1, 0.15) is 11.6 Å². The van der Waals surface area contributed by atoms with Crippen LogP contribution < -0.4 is 10.0 Å². The van der Waals surface area contributed by atoms with Gasteiger partial charge in [-0.1, -0.05) is 18.2 Å². The summed E-state index contributed by atoms with van der Waals surface area (Å²) in [6, 6.07) is 9.96. The SMILES string of the molecule is CNC1Cc2cc(F)c(CNS(=O)(=O)CC3CC3)cc2C1Cc1cccc(F)c1. The molecule has 2 aliphatic rings. The average molecular weight is 421 g/mol. The zero-order valence-electron chi connectivity index (χ0n) is 16.4. The number of hydrogen-bond donors (Lipinski definition) is 2. The minimum Gasteiger partial charge on any atom is -0.316 e. The van der Waals surface area contributed by atoms with Crippen molar-refractivity contribution in [2.24, 2.45) is 5.92 Å². The minimum absolute atomic E-state index is 0.0505. The maximum Gasteiger partial charge on any atom is 0.212 e. The van der Waals surface area contributed by atoms with E-state index in [-0.39, 0.29) is 41.8 Å². The molecular weight excluding hydrogens is 394 g/mol. The van der Waals surface area contributed by atoms with E-state index in [0.29, 0.717) is 18.4 Å². The second kappa shape index (κ2) is 8.13. The van der Waals surface area contributed by atoms with Crippen molar-refractivity contribution in [1.82, 2.24) is 10.0 Å². The van der Waals surface area contributed by atoms with Crippen LogP contribution in [0.2, 0.25) is 0 Å². The van der Waals surface area contributed by atoms with Crippen molar-refractivity contribution in [1.29, 1.82) is 0 Å². The summed E-state index contributed by atoms with van der Waals surface area (Å²) in [5.74, 6) is -0.238. The first-order chi connectivity index (χ1) is 13.8. The Morgan fingerprint density at radius 3 is 2.62 bits per heavy atom. The van der Waals surface area contributed by atoms with Gasteiger partial charge >= 0.3 is 0 Å². The lowest BCUT2D eigenvalue weighted by atomic mass is 9.90. The number of hydrogen-bond acceptors (Lipinski definition) is 3. The molecule has 1 fully saturated rings. The Labute approximate surface area is 170 Å². The van der Waals surface area contributed by atoms with Gasteiger partial charge in [0.05, 0.1) is 5.75 Å². The third-order valence-electron chi connectivity index (χ3n) is 5.98. The molecule has 2 N–H and O–H groups in total. The second-order valence-electron chi connectivity index (χ2n) is 8.23. The highest BCUT2D eigenvalue weighted by Crippen LogP contribution is 2.37. The second-order valence-corrected chi connectivity index (χ2v) is 10.1. The molecule has 4 rings (SSSR count). The van der Waals surface area contributed by atoms with E-state index in [2.05, 4.69) is 10.0 Å². The molecule has 1 saturated carbocycles. The summed E-state index contributed by atoms with van der Waals surface area (Å²) in [7, 11) is -1.53. The van der Waals surface area contributed by atoms with Crippen molar-refractivity contribution >= 4 is 10.0 Å². The Morgan fingerprint density at radius 2 is 1.93 bits per heavy atom. The Kier molecular flexibility index (Phi) is 5.73. The highest BCUT2D eigenvalue weighted by atomic mass is 32.2. The highest BCUT2D eigenvalue weighted by Gasteiger charge is 2.33. The van der Waals surface area contributed by atoms with Gasteiger partial charge < -0.3 is 5.32 Å². The molecule has 0 aliphatic heterocycles. The van der Waals surface area contributed by atoms with Crippen molar-refractivity contribution < 1.29 is 17.2 Å². The number of likely N-dealkylation sites (N-methyl/N-ethyl adjacent to an activating group) is 1. The van der Waals surface area contributed by atoms with Gasteiger partial charge in [-0.15, -0.1) is 0 Å². The lowest BCUT2D eigenvalue weighted by Crippen LogP contribution is -2.30. The number of sulfonamides is 1. The summed E-state index contributed by atoms with van der Waals surface area (Å²) in [6.07, 6.45) is 3.22. The zero-order chi connectivity index (χ0) is 20.6. The standard InChI is InChI=1S/C22H26F2N2O2S/c1-25-22-11-16-10-21(24)17(12-26-29(27,28)13-14-5-6-14)9-19(16)20(22)8-15-3-2-4-18(23)7-15/h2-4,7,9-10,14,20,22,25-26H,5-6,8,11-13H2,1H3. The summed E-state index contributed by atoms with van der Waals surface area (Å²) in [5, 5.41) is 3.29. The molecule has 7 heteroatoms. The molecule has 29 heavy (non-hydrogen) atoms. The summed E-state index contributed by atoms with van der Waals surface area (Å²) in [6.45, 7) is -0.0505. The van der Waals surface area contributed by atoms with Crippen LogP contribution in [0.3, 0.4) is 0 Å². The Balaban J connectivity index is 1.56. The quantitative estimate of drug-likeness (QED) is 0.689. The fourth-order valence-corrected chi connectivity index (χ4v) is 5.69. The molecule has 0 heterocycles. The summed E-state index contributed by atoms with van der Waals surface area (Å²) < 4.78 is 55.1. The number of benzene rings is 2. The van der Waals surface area contributed by atoms with Gasteiger partial charge in [-0.25, -0.2) is 21.9 Å². The molecule has 2 unspecified atom stereocenters. The van der Waals surface area contributed by atoms with Gasteiger partial charge in [0.2, 0.25) is 10.0 Å². The van der Waals surface area contributed by atoms with Crippen molar-refractivity contribution in [3.05, 3.63) is 70.3 Å². The number of fused-ring (bicyclic) bond motifs is 1. The van der Waals surface area contributed by atoms with Crippen LogP contribution in [0.5, 0.6) is 0 Å². The van der Waals surface area contributed by atoms with Crippen LogP contribution in [0.15, 0.2) is 36.4 Å². The van der Waals surface area contributed by atoms with Crippen molar-refractivity contribution in [3.8, 4) is 0 Å². The average Bonchev–Trinajstić information content (AvgIpc) is 3.40. The predicted octanol–water partition coefficient (Wildman–Crippen LogP) is 3.26. The predicted molar refractivity (Wildman–Crippen MR) is 109 cm³/mol. The van der Waals surface area contributed by atoms with Crippen molar-refractivity contribution in [2.45, 2.75) is 44.2 Å². The van der Waals surface area contributed by atoms with Gasteiger partial charge in [-0.2, -0.15) is 0 Å². The Bertz CT molecular complexity index is 1010. The highest BCUT2D eigenvalue weighted by molar-refractivity contribution is 7.89. The first-order valence-corrected chi connectivity index (χ1v) is 11.7. The Morgan fingerprint density at radius 1 is 1.14 bits per heavy atom. The third kappa shape index (κ3) is 4.85. The molecule has 0 radical (unpaired) electrons. The normalized spacial score (nSPS) is 21.3. The van der Waals surface area contributed by atoms with Crippen LogP contribution >= 0.6 is 0 Å². The van der Waals surface area contributed by atoms with Crippen LogP contribution in [-0.2, 0) is 29.4 Å². The van der Waals surface area contributed by atoms with Crippen molar-refractivity contribution in [2.75, 3.05) is 12.8 Å². The zero-order valence-corrected chi connectivity index (χ0v) is 17.2. The molecule has 4 nitrogen and oxygen atoms in total. The molecule has 156 valence electrons. The number of nitrogens with one attached hydrogen (secondary N) is 2. The monoisotopic (exact) mass is 420 g/mol. The smallest absolute Gasteiger partial charge is 0.212 e. The topological polar surface area (TPSA) is 58.2 Å². The lowest BCUT2D eigenvalue weighted by molar-refractivity contribution is 0.490. The maximum absolute atomic E-state index is 14.6. The molecule has 2 atom stereocenters. The molecule has 0 bridgehead atoms. The fourth-order valence-electron chi connectivity index (χ4n) is 4.25. The Hall–Kier alpha value is -1.83.